The van der Waals surface area contributed by atoms with Crippen molar-refractivity contribution in [2.24, 2.45) is 0 Å². The number of piperazine rings is 1. The van der Waals surface area contributed by atoms with Gasteiger partial charge in [-0.15, -0.1) is 11.3 Å². The lowest BCUT2D eigenvalue weighted by atomic mass is 10.2. The fraction of sp³-hybridized carbons (Fsp3) is 0.444. The van der Waals surface area contributed by atoms with E-state index < -0.39 is 0 Å². The molecule has 0 spiro atoms. The van der Waals surface area contributed by atoms with Crippen LogP contribution in [0.25, 0.3) is 10.7 Å². The fourth-order valence-corrected chi connectivity index (χ4v) is 3.65. The van der Waals surface area contributed by atoms with Gasteiger partial charge >= 0.3 is 0 Å². The number of amides is 1. The molecule has 1 aliphatic rings. The molecule has 0 aliphatic carbocycles. The molecule has 8 nitrogen and oxygen atoms in total. The van der Waals surface area contributed by atoms with Crippen LogP contribution < -0.4 is 5.32 Å². The van der Waals surface area contributed by atoms with E-state index in [9.17, 15) is 9.90 Å². The Hall–Kier alpha value is -2.54. The molecule has 2 aromatic heterocycles. The van der Waals surface area contributed by atoms with Crippen LogP contribution >= 0.6 is 11.3 Å². The molecule has 0 unspecified atom stereocenters. The molecule has 3 rings (SSSR count). The highest BCUT2D eigenvalue weighted by molar-refractivity contribution is 7.13. The van der Waals surface area contributed by atoms with Crippen molar-refractivity contribution in [3.8, 4) is 22.5 Å². The molecule has 3 heterocycles. The lowest BCUT2D eigenvalue weighted by Crippen LogP contribution is -2.47. The molecule has 1 fully saturated rings. The van der Waals surface area contributed by atoms with Gasteiger partial charge in [-0.05, 0) is 7.05 Å². The molecule has 1 saturated heterocycles. The Morgan fingerprint density at radius 1 is 1.41 bits per heavy atom. The Morgan fingerprint density at radius 2 is 2.19 bits per heavy atom. The Morgan fingerprint density at radius 3 is 2.89 bits per heavy atom. The molecular weight excluding hydrogens is 364 g/mol. The Bertz CT molecular complexity index is 839. The van der Waals surface area contributed by atoms with E-state index in [1.54, 1.807) is 5.38 Å². The van der Waals surface area contributed by atoms with Crippen molar-refractivity contribution in [3.05, 3.63) is 28.9 Å². The molecule has 2 aromatic rings. The SMILES string of the molecule is CN1CCN(CCNC(=O)Cc2csc(-c3ncc(C#N)cc3O)n2)CC1. The summed E-state index contributed by atoms with van der Waals surface area (Å²) in [5.41, 5.74) is 1.24. The Kier molecular flexibility index (Phi) is 6.34. The van der Waals surface area contributed by atoms with Gasteiger partial charge in [-0.1, -0.05) is 0 Å². The van der Waals surface area contributed by atoms with Gasteiger partial charge in [0.2, 0.25) is 5.91 Å². The molecule has 0 saturated carbocycles. The number of rotatable bonds is 6. The number of pyridine rings is 1. The van der Waals surface area contributed by atoms with E-state index in [0.717, 1.165) is 32.7 Å². The summed E-state index contributed by atoms with van der Waals surface area (Å²) in [6, 6.07) is 3.28. The maximum absolute atomic E-state index is 12.1. The maximum atomic E-state index is 12.1. The minimum atomic E-state index is -0.0911. The van der Waals surface area contributed by atoms with Gasteiger partial charge in [-0.2, -0.15) is 5.26 Å². The van der Waals surface area contributed by atoms with Crippen LogP contribution in [-0.4, -0.2) is 77.1 Å². The van der Waals surface area contributed by atoms with Crippen LogP contribution in [0.2, 0.25) is 0 Å². The van der Waals surface area contributed by atoms with Crippen LogP contribution in [0.4, 0.5) is 0 Å². The zero-order valence-electron chi connectivity index (χ0n) is 15.2. The second-order valence-corrected chi connectivity index (χ2v) is 7.38. The number of nitrogens with one attached hydrogen (secondary N) is 1. The number of aromatic nitrogens is 2. The standard InChI is InChI=1S/C18H22N6O2S/c1-23-4-6-24(7-5-23)3-2-20-16(26)9-14-12-27-18(22-14)17-15(25)8-13(10-19)11-21-17/h8,11-12,25H,2-7,9H2,1H3,(H,20,26). The first-order valence-corrected chi connectivity index (χ1v) is 9.64. The number of hydrogen-bond acceptors (Lipinski definition) is 8. The number of thiazole rings is 1. The van der Waals surface area contributed by atoms with Crippen molar-refractivity contribution < 1.29 is 9.90 Å². The highest BCUT2D eigenvalue weighted by Gasteiger charge is 2.15. The predicted octanol–water partition coefficient (Wildman–Crippen LogP) is 0.688. The number of hydrogen-bond donors (Lipinski definition) is 2. The first-order valence-electron chi connectivity index (χ1n) is 8.76. The number of nitrogens with zero attached hydrogens (tertiary/aromatic N) is 5. The predicted molar refractivity (Wildman–Crippen MR) is 102 cm³/mol. The first kappa shape index (κ1) is 19.2. The van der Waals surface area contributed by atoms with Gasteiger partial charge in [0.05, 0.1) is 17.7 Å². The molecule has 0 radical (unpaired) electrons. The maximum Gasteiger partial charge on any atom is 0.226 e. The van der Waals surface area contributed by atoms with E-state index in [1.807, 2.05) is 6.07 Å². The first-order chi connectivity index (χ1) is 13.0. The molecule has 9 heteroatoms. The molecular formula is C18H22N6O2S. The topological polar surface area (TPSA) is 105 Å². The van der Waals surface area contributed by atoms with E-state index in [2.05, 4.69) is 32.1 Å². The van der Waals surface area contributed by atoms with Crippen LogP contribution in [0, 0.1) is 11.3 Å². The van der Waals surface area contributed by atoms with E-state index >= 15 is 0 Å². The Balaban J connectivity index is 1.49. The quantitative estimate of drug-likeness (QED) is 0.752. The summed E-state index contributed by atoms with van der Waals surface area (Å²) in [7, 11) is 2.12. The largest absolute Gasteiger partial charge is 0.506 e. The van der Waals surface area contributed by atoms with E-state index in [-0.39, 0.29) is 23.6 Å². The third kappa shape index (κ3) is 5.23. The minimum absolute atomic E-state index is 0.0713. The van der Waals surface area contributed by atoms with Crippen molar-refractivity contribution in [1.29, 1.82) is 5.26 Å². The van der Waals surface area contributed by atoms with Crippen LogP contribution in [-0.2, 0) is 11.2 Å². The van der Waals surface area contributed by atoms with Gasteiger partial charge in [0.1, 0.15) is 22.5 Å². The van der Waals surface area contributed by atoms with Crippen LogP contribution in [0.1, 0.15) is 11.3 Å². The van der Waals surface area contributed by atoms with Crippen molar-refractivity contribution >= 4 is 17.2 Å². The van der Waals surface area contributed by atoms with Crippen molar-refractivity contribution in [1.82, 2.24) is 25.1 Å². The fourth-order valence-electron chi connectivity index (χ4n) is 2.83. The highest BCUT2D eigenvalue weighted by atomic mass is 32.1. The summed E-state index contributed by atoms with van der Waals surface area (Å²) in [5.74, 6) is -0.162. The summed E-state index contributed by atoms with van der Waals surface area (Å²) in [6.45, 7) is 5.66. The number of likely N-dealkylation sites (N-methyl/N-ethyl adjacent to an activating group) is 1. The third-order valence-electron chi connectivity index (χ3n) is 4.44. The monoisotopic (exact) mass is 386 g/mol. The van der Waals surface area contributed by atoms with Crippen molar-refractivity contribution in [2.75, 3.05) is 46.3 Å². The van der Waals surface area contributed by atoms with Crippen LogP contribution in [0.3, 0.4) is 0 Å². The van der Waals surface area contributed by atoms with Crippen LogP contribution in [0.15, 0.2) is 17.6 Å². The Labute approximate surface area is 162 Å². The number of carbonyl (C=O) groups excluding carboxylic acids is 1. The molecule has 0 aromatic carbocycles. The molecule has 27 heavy (non-hydrogen) atoms. The summed E-state index contributed by atoms with van der Waals surface area (Å²) >= 11 is 1.31. The summed E-state index contributed by atoms with van der Waals surface area (Å²) < 4.78 is 0. The van der Waals surface area contributed by atoms with Gasteiger partial charge in [-0.3, -0.25) is 9.69 Å². The average Bonchev–Trinajstić information content (AvgIpc) is 3.11. The second kappa shape index (κ2) is 8.90. The lowest BCUT2D eigenvalue weighted by Gasteiger charge is -2.32. The molecule has 0 atom stereocenters. The molecule has 0 bridgehead atoms. The smallest absolute Gasteiger partial charge is 0.226 e. The van der Waals surface area contributed by atoms with Gasteiger partial charge in [-0.25, -0.2) is 9.97 Å². The van der Waals surface area contributed by atoms with E-state index in [0.29, 0.717) is 22.9 Å². The summed E-state index contributed by atoms with van der Waals surface area (Å²) in [4.78, 5) is 25.2. The van der Waals surface area contributed by atoms with Crippen molar-refractivity contribution in [2.45, 2.75) is 6.42 Å². The van der Waals surface area contributed by atoms with Gasteiger partial charge in [0.15, 0.2) is 0 Å². The number of carbonyl (C=O) groups is 1. The van der Waals surface area contributed by atoms with Gasteiger partial charge < -0.3 is 15.3 Å². The average molecular weight is 386 g/mol. The van der Waals surface area contributed by atoms with Crippen molar-refractivity contribution in [3.63, 3.8) is 0 Å². The van der Waals surface area contributed by atoms with Gasteiger partial charge in [0.25, 0.3) is 0 Å². The zero-order chi connectivity index (χ0) is 19.2. The normalized spacial score (nSPS) is 15.4. The zero-order valence-corrected chi connectivity index (χ0v) is 16.0. The minimum Gasteiger partial charge on any atom is -0.506 e. The summed E-state index contributed by atoms with van der Waals surface area (Å²) in [6.07, 6.45) is 1.58. The highest BCUT2D eigenvalue weighted by Crippen LogP contribution is 2.30. The summed E-state index contributed by atoms with van der Waals surface area (Å²) in [5, 5.41) is 24.1. The van der Waals surface area contributed by atoms with Crippen LogP contribution in [0.5, 0.6) is 5.75 Å². The van der Waals surface area contributed by atoms with E-state index in [1.165, 1.54) is 23.6 Å². The third-order valence-corrected chi connectivity index (χ3v) is 5.34. The number of aromatic hydroxyl groups is 1. The number of nitriles is 1. The lowest BCUT2D eigenvalue weighted by molar-refractivity contribution is -0.120. The molecule has 1 aliphatic heterocycles. The van der Waals surface area contributed by atoms with Gasteiger partial charge in [0, 0.05) is 56.9 Å². The molecule has 1 amide bonds. The van der Waals surface area contributed by atoms with E-state index in [4.69, 9.17) is 5.26 Å². The second-order valence-electron chi connectivity index (χ2n) is 6.52. The molecule has 142 valence electrons. The molecule has 2 N–H and O–H groups in total.